The maximum absolute atomic E-state index is 15.0. The van der Waals surface area contributed by atoms with Gasteiger partial charge >= 0.3 is 0 Å². The number of carbonyl (C=O) groups is 3. The Morgan fingerprint density at radius 3 is 2.24 bits per heavy atom. The molecule has 3 aromatic carbocycles. The Morgan fingerprint density at radius 1 is 0.978 bits per heavy atom. The van der Waals surface area contributed by atoms with Crippen molar-refractivity contribution in [1.82, 2.24) is 4.90 Å². The Hall–Kier alpha value is -3.79. The van der Waals surface area contributed by atoms with Crippen molar-refractivity contribution in [2.45, 2.75) is 48.9 Å². The Bertz CT molecular complexity index is 1660. The van der Waals surface area contributed by atoms with Crippen molar-refractivity contribution in [2.24, 2.45) is 17.8 Å². The first-order chi connectivity index (χ1) is 22.2. The van der Waals surface area contributed by atoms with Crippen molar-refractivity contribution in [3.05, 3.63) is 98.1 Å². The number of ether oxygens (including phenoxy) is 1. The topological polar surface area (TPSA) is 90.4 Å². The van der Waals surface area contributed by atoms with E-state index in [4.69, 9.17) is 4.74 Å². The second kappa shape index (κ2) is 12.8. The lowest BCUT2D eigenvalue weighted by Crippen LogP contribution is -2.60. The summed E-state index contributed by atoms with van der Waals surface area (Å²) in [6.45, 7) is 11.7. The van der Waals surface area contributed by atoms with E-state index in [1.807, 2.05) is 86.6 Å². The zero-order valence-corrected chi connectivity index (χ0v) is 27.8. The third kappa shape index (κ3) is 5.09. The van der Waals surface area contributed by atoms with Crippen molar-refractivity contribution < 1.29 is 24.2 Å². The molecule has 6 rings (SSSR count). The fourth-order valence-corrected chi connectivity index (χ4v) is 8.73. The number of alkyl halides is 1. The smallest absolute Gasteiger partial charge is 0.253 e. The van der Waals surface area contributed by atoms with Crippen LogP contribution in [0.4, 0.5) is 11.4 Å². The highest BCUT2D eigenvalue weighted by Crippen LogP contribution is 2.61. The zero-order valence-electron chi connectivity index (χ0n) is 26.2. The van der Waals surface area contributed by atoms with Crippen molar-refractivity contribution in [3.63, 3.8) is 0 Å². The lowest BCUT2D eigenvalue weighted by molar-refractivity contribution is -0.145. The highest BCUT2D eigenvalue weighted by atomic mass is 79.9. The minimum atomic E-state index is -1.28. The Balaban J connectivity index is 1.47. The largest absolute Gasteiger partial charge is 0.394 e. The molecule has 3 saturated heterocycles. The van der Waals surface area contributed by atoms with Gasteiger partial charge < -0.3 is 24.5 Å². The third-order valence-corrected chi connectivity index (χ3v) is 10.7. The van der Waals surface area contributed by atoms with Gasteiger partial charge in [0.2, 0.25) is 11.8 Å². The molecule has 8 nitrogen and oxygen atoms in total. The molecule has 3 aliphatic heterocycles. The van der Waals surface area contributed by atoms with Gasteiger partial charge in [-0.05, 0) is 47.4 Å². The number of fused-ring (bicyclic) bond motifs is 2. The first-order valence-electron chi connectivity index (χ1n) is 15.8. The molecule has 3 fully saturated rings. The van der Waals surface area contributed by atoms with Gasteiger partial charge in [-0.3, -0.25) is 14.4 Å². The summed E-state index contributed by atoms with van der Waals surface area (Å²) in [5.41, 5.74) is 0.0783. The molecule has 1 spiro atoms. The quantitative estimate of drug-likeness (QED) is 0.217. The first-order valence-corrected chi connectivity index (χ1v) is 16.7. The predicted octanol–water partition coefficient (Wildman–Crippen LogP) is 5.34. The van der Waals surface area contributed by atoms with Crippen LogP contribution in [0.25, 0.3) is 10.8 Å². The van der Waals surface area contributed by atoms with Crippen LogP contribution in [0.15, 0.2) is 98.1 Å². The van der Waals surface area contributed by atoms with Crippen LogP contribution in [0.1, 0.15) is 20.3 Å². The third-order valence-electron chi connectivity index (χ3n) is 9.83. The number of hydrogen-bond acceptors (Lipinski definition) is 5. The number of rotatable bonds is 11. The SMILES string of the molecule is C=CCN(C(=O)C1N([C@@H](CO)C(C)C)C(=O)[C@@H]2[C@H](C(=O)N(CC=C)c3ccccc3)[C@H]3OC12CC3Br)c1ccc2ccccc2c1. The summed E-state index contributed by atoms with van der Waals surface area (Å²) in [7, 11) is 0. The van der Waals surface area contributed by atoms with E-state index >= 15 is 4.79 Å². The zero-order chi connectivity index (χ0) is 32.7. The summed E-state index contributed by atoms with van der Waals surface area (Å²) >= 11 is 3.78. The molecule has 3 unspecified atom stereocenters. The number of amides is 3. The van der Waals surface area contributed by atoms with Gasteiger partial charge in [-0.1, -0.05) is 90.5 Å². The molecule has 3 aliphatic rings. The van der Waals surface area contributed by atoms with Crippen LogP contribution >= 0.6 is 15.9 Å². The molecule has 7 atom stereocenters. The van der Waals surface area contributed by atoms with Gasteiger partial charge in [0.1, 0.15) is 11.6 Å². The van der Waals surface area contributed by atoms with Gasteiger partial charge in [-0.25, -0.2) is 0 Å². The molecular weight excluding hydrogens is 646 g/mol. The second-order valence-electron chi connectivity index (χ2n) is 12.7. The number of likely N-dealkylation sites (tertiary alicyclic amines) is 1. The fourth-order valence-electron chi connectivity index (χ4n) is 7.79. The van der Waals surface area contributed by atoms with Crippen LogP contribution in [0.3, 0.4) is 0 Å². The number of aliphatic hydroxyl groups is 1. The van der Waals surface area contributed by atoms with Crippen LogP contribution in [0, 0.1) is 17.8 Å². The van der Waals surface area contributed by atoms with E-state index in [1.54, 1.807) is 22.0 Å². The maximum Gasteiger partial charge on any atom is 0.253 e. The Kier molecular flexibility index (Phi) is 8.93. The Labute approximate surface area is 278 Å². The molecule has 3 amide bonds. The van der Waals surface area contributed by atoms with Crippen molar-refractivity contribution in [3.8, 4) is 0 Å². The van der Waals surface area contributed by atoms with Crippen LogP contribution in [-0.2, 0) is 19.1 Å². The highest BCUT2D eigenvalue weighted by Gasteiger charge is 2.77. The molecule has 2 bridgehead atoms. The number of carbonyl (C=O) groups excluding carboxylic acids is 3. The highest BCUT2D eigenvalue weighted by molar-refractivity contribution is 9.09. The standard InChI is InChI=1S/C37H40BrN3O5/c1-5-18-39(26-14-8-7-9-15-26)34(43)30-31-35(44)41(29(22-42)23(3)4)33(37(31)21-28(38)32(30)46-37)36(45)40(19-6-2)27-17-16-24-12-10-11-13-25(24)20-27/h5-17,20,23,28-33,42H,1-2,18-19,21-22H2,3-4H3/t28?,29-,30-,31-,32-,33?,37?/m0/s1. The maximum atomic E-state index is 15.0. The van der Waals surface area contributed by atoms with Gasteiger partial charge in [0.25, 0.3) is 5.91 Å². The summed E-state index contributed by atoms with van der Waals surface area (Å²) in [4.78, 5) is 48.9. The molecule has 0 radical (unpaired) electrons. The normalized spacial score (nSPS) is 27.1. The number of benzene rings is 3. The molecular formula is C37H40BrN3O5. The Morgan fingerprint density at radius 2 is 1.61 bits per heavy atom. The predicted molar refractivity (Wildman–Crippen MR) is 184 cm³/mol. The molecule has 9 heteroatoms. The van der Waals surface area contributed by atoms with E-state index < -0.39 is 35.6 Å². The number of hydrogen-bond donors (Lipinski definition) is 1. The number of nitrogens with zero attached hydrogens (tertiary/aromatic N) is 3. The summed E-state index contributed by atoms with van der Waals surface area (Å²) in [5, 5.41) is 12.7. The van der Waals surface area contributed by atoms with Gasteiger partial charge in [0.05, 0.1) is 30.6 Å². The van der Waals surface area contributed by atoms with E-state index in [-0.39, 0.29) is 48.2 Å². The van der Waals surface area contributed by atoms with E-state index in [0.29, 0.717) is 17.8 Å². The second-order valence-corrected chi connectivity index (χ2v) is 13.9. The lowest BCUT2D eigenvalue weighted by Gasteiger charge is -2.40. The number of para-hydroxylation sites is 1. The van der Waals surface area contributed by atoms with Crippen LogP contribution < -0.4 is 9.80 Å². The van der Waals surface area contributed by atoms with Crippen LogP contribution in [0.2, 0.25) is 0 Å². The molecule has 1 N–H and O–H groups in total. The molecule has 0 aromatic heterocycles. The molecule has 240 valence electrons. The minimum Gasteiger partial charge on any atom is -0.394 e. The average molecular weight is 687 g/mol. The molecule has 0 saturated carbocycles. The van der Waals surface area contributed by atoms with Crippen LogP contribution in [-0.4, -0.2) is 76.0 Å². The summed E-state index contributed by atoms with van der Waals surface area (Å²) in [6.07, 6.45) is 3.07. The molecule has 3 aromatic rings. The summed E-state index contributed by atoms with van der Waals surface area (Å²) in [5.74, 6) is -2.83. The van der Waals surface area contributed by atoms with E-state index in [9.17, 15) is 14.7 Å². The summed E-state index contributed by atoms with van der Waals surface area (Å²) in [6, 6.07) is 21.3. The monoisotopic (exact) mass is 685 g/mol. The van der Waals surface area contributed by atoms with Crippen molar-refractivity contribution in [2.75, 3.05) is 29.5 Å². The van der Waals surface area contributed by atoms with Gasteiger partial charge in [0, 0.05) is 29.3 Å². The van der Waals surface area contributed by atoms with Gasteiger partial charge in [0.15, 0.2) is 0 Å². The van der Waals surface area contributed by atoms with Crippen molar-refractivity contribution in [1.29, 1.82) is 0 Å². The van der Waals surface area contributed by atoms with Gasteiger partial charge in [-0.15, -0.1) is 13.2 Å². The van der Waals surface area contributed by atoms with Gasteiger partial charge in [-0.2, -0.15) is 0 Å². The lowest BCUT2D eigenvalue weighted by atomic mass is 9.70. The summed E-state index contributed by atoms with van der Waals surface area (Å²) < 4.78 is 6.80. The molecule has 3 heterocycles. The van der Waals surface area contributed by atoms with Crippen molar-refractivity contribution >= 4 is 55.8 Å². The molecule has 0 aliphatic carbocycles. The van der Waals surface area contributed by atoms with Crippen LogP contribution in [0.5, 0.6) is 0 Å². The van der Waals surface area contributed by atoms with E-state index in [2.05, 4.69) is 29.1 Å². The van der Waals surface area contributed by atoms with E-state index in [0.717, 1.165) is 10.8 Å². The first kappa shape index (κ1) is 32.2. The fraction of sp³-hybridized carbons (Fsp3) is 0.378. The number of halogens is 1. The molecule has 46 heavy (non-hydrogen) atoms. The number of aliphatic hydroxyl groups excluding tert-OH is 1. The number of anilines is 2. The minimum absolute atomic E-state index is 0.166. The van der Waals surface area contributed by atoms with E-state index in [1.165, 1.54) is 4.90 Å². The average Bonchev–Trinajstić information content (AvgIpc) is 3.65.